The minimum atomic E-state index is -0.206. The van der Waals surface area contributed by atoms with Crippen LogP contribution in [0.1, 0.15) is 30.0 Å². The number of hydrogen-bond donors (Lipinski definition) is 2. The molecule has 1 aliphatic rings. The lowest BCUT2D eigenvalue weighted by atomic mass is 10.1. The van der Waals surface area contributed by atoms with E-state index in [1.54, 1.807) is 12.1 Å². The van der Waals surface area contributed by atoms with Gasteiger partial charge in [-0.05, 0) is 49.6 Å². The Morgan fingerprint density at radius 1 is 1.24 bits per heavy atom. The first-order valence-electron chi connectivity index (χ1n) is 10.2. The van der Waals surface area contributed by atoms with Gasteiger partial charge in [0.25, 0.3) is 0 Å². The molecule has 2 aromatic carbocycles. The summed E-state index contributed by atoms with van der Waals surface area (Å²) >= 11 is 0. The van der Waals surface area contributed by atoms with Crippen LogP contribution in [0, 0.1) is 12.7 Å². The molecule has 6 heteroatoms. The van der Waals surface area contributed by atoms with Crippen LogP contribution in [0.5, 0.6) is 5.75 Å². The van der Waals surface area contributed by atoms with Crippen molar-refractivity contribution in [1.29, 1.82) is 0 Å². The smallest absolute Gasteiger partial charge is 0.191 e. The third-order valence-corrected chi connectivity index (χ3v) is 4.75. The molecular formula is C23H30FN3O2. The van der Waals surface area contributed by atoms with Crippen molar-refractivity contribution in [3.05, 3.63) is 65.0 Å². The first kappa shape index (κ1) is 21.1. The number of halogens is 1. The molecule has 3 rings (SSSR count). The Kier molecular flexibility index (Phi) is 7.87. The van der Waals surface area contributed by atoms with E-state index in [0.717, 1.165) is 54.4 Å². The molecule has 0 bridgehead atoms. The summed E-state index contributed by atoms with van der Waals surface area (Å²) < 4.78 is 24.9. The van der Waals surface area contributed by atoms with Crippen molar-refractivity contribution in [2.45, 2.75) is 39.3 Å². The maximum atomic E-state index is 13.3. The van der Waals surface area contributed by atoms with Crippen molar-refractivity contribution >= 4 is 5.96 Å². The molecule has 1 unspecified atom stereocenters. The Morgan fingerprint density at radius 3 is 2.90 bits per heavy atom. The highest BCUT2D eigenvalue weighted by molar-refractivity contribution is 5.79. The molecule has 29 heavy (non-hydrogen) atoms. The molecule has 0 saturated carbocycles. The summed E-state index contributed by atoms with van der Waals surface area (Å²) in [7, 11) is 0. The van der Waals surface area contributed by atoms with E-state index in [0.29, 0.717) is 19.7 Å². The number of hydrogen-bond acceptors (Lipinski definition) is 3. The summed E-state index contributed by atoms with van der Waals surface area (Å²) in [6, 6.07) is 12.9. The molecule has 1 atom stereocenters. The van der Waals surface area contributed by atoms with E-state index in [2.05, 4.69) is 35.8 Å². The fourth-order valence-electron chi connectivity index (χ4n) is 3.21. The highest BCUT2D eigenvalue weighted by Gasteiger charge is 2.18. The monoisotopic (exact) mass is 399 g/mol. The van der Waals surface area contributed by atoms with Crippen molar-refractivity contribution in [2.24, 2.45) is 4.99 Å². The van der Waals surface area contributed by atoms with Gasteiger partial charge in [-0.3, -0.25) is 0 Å². The summed E-state index contributed by atoms with van der Waals surface area (Å²) in [4.78, 5) is 4.71. The lowest BCUT2D eigenvalue weighted by molar-refractivity contribution is 0.140. The van der Waals surface area contributed by atoms with Crippen LogP contribution in [-0.2, 0) is 17.7 Å². The van der Waals surface area contributed by atoms with E-state index in [-0.39, 0.29) is 11.9 Å². The third kappa shape index (κ3) is 6.75. The van der Waals surface area contributed by atoms with Gasteiger partial charge in [0.15, 0.2) is 5.96 Å². The average molecular weight is 400 g/mol. The van der Waals surface area contributed by atoms with Crippen molar-refractivity contribution in [2.75, 3.05) is 26.3 Å². The summed E-state index contributed by atoms with van der Waals surface area (Å²) in [5.74, 6) is 1.40. The number of guanidine groups is 1. The Bertz CT molecular complexity index is 820. The topological polar surface area (TPSA) is 54.9 Å². The molecule has 0 aliphatic carbocycles. The van der Waals surface area contributed by atoms with Crippen LogP contribution in [0.25, 0.3) is 0 Å². The zero-order valence-electron chi connectivity index (χ0n) is 17.2. The second-order valence-electron chi connectivity index (χ2n) is 7.22. The highest BCUT2D eigenvalue weighted by Crippen LogP contribution is 2.24. The van der Waals surface area contributed by atoms with Gasteiger partial charge >= 0.3 is 0 Å². The van der Waals surface area contributed by atoms with E-state index < -0.39 is 0 Å². The first-order chi connectivity index (χ1) is 14.1. The third-order valence-electron chi connectivity index (χ3n) is 4.75. The van der Waals surface area contributed by atoms with Gasteiger partial charge < -0.3 is 20.1 Å². The van der Waals surface area contributed by atoms with Crippen LogP contribution in [0.2, 0.25) is 0 Å². The van der Waals surface area contributed by atoms with Crippen LogP contribution in [0.4, 0.5) is 4.39 Å². The van der Waals surface area contributed by atoms with Crippen LogP contribution >= 0.6 is 0 Å². The van der Waals surface area contributed by atoms with Gasteiger partial charge in [0, 0.05) is 25.1 Å². The number of nitrogens with zero attached hydrogens (tertiary/aromatic N) is 1. The predicted molar refractivity (Wildman–Crippen MR) is 114 cm³/mol. The van der Waals surface area contributed by atoms with Gasteiger partial charge in [-0.1, -0.05) is 24.3 Å². The molecule has 156 valence electrons. The molecule has 2 N–H and O–H groups in total. The molecule has 2 aromatic rings. The predicted octanol–water partition coefficient (Wildman–Crippen LogP) is 3.60. The van der Waals surface area contributed by atoms with Gasteiger partial charge in [0.2, 0.25) is 0 Å². The van der Waals surface area contributed by atoms with E-state index in [1.807, 2.05) is 13.0 Å². The zero-order valence-corrected chi connectivity index (χ0v) is 17.2. The highest BCUT2D eigenvalue weighted by atomic mass is 19.1. The lowest BCUT2D eigenvalue weighted by Crippen LogP contribution is -2.38. The van der Waals surface area contributed by atoms with Crippen LogP contribution < -0.4 is 15.4 Å². The van der Waals surface area contributed by atoms with Gasteiger partial charge in [0.1, 0.15) is 17.7 Å². The summed E-state index contributed by atoms with van der Waals surface area (Å²) in [5.41, 5.74) is 3.16. The molecule has 0 amide bonds. The van der Waals surface area contributed by atoms with Crippen LogP contribution in [0.15, 0.2) is 47.5 Å². The molecule has 0 spiro atoms. The number of aliphatic imine (C=N–C) groups is 1. The molecule has 1 aliphatic heterocycles. The minimum absolute atomic E-state index is 0.108. The molecule has 5 nitrogen and oxygen atoms in total. The lowest BCUT2D eigenvalue weighted by Gasteiger charge is -2.16. The summed E-state index contributed by atoms with van der Waals surface area (Å²) in [6.45, 7) is 7.44. The molecule has 1 heterocycles. The van der Waals surface area contributed by atoms with Gasteiger partial charge in [0.05, 0.1) is 19.8 Å². The van der Waals surface area contributed by atoms with Gasteiger partial charge in [-0.2, -0.15) is 0 Å². The minimum Gasteiger partial charge on any atom is -0.488 e. The molecule has 1 fully saturated rings. The van der Waals surface area contributed by atoms with Crippen molar-refractivity contribution in [3.63, 3.8) is 0 Å². The Labute approximate surface area is 172 Å². The number of benzene rings is 2. The van der Waals surface area contributed by atoms with Crippen molar-refractivity contribution in [3.8, 4) is 5.75 Å². The second-order valence-corrected chi connectivity index (χ2v) is 7.22. The largest absolute Gasteiger partial charge is 0.488 e. The van der Waals surface area contributed by atoms with Crippen LogP contribution in [-0.4, -0.2) is 38.4 Å². The SMILES string of the molecule is CCNC(=NCc1ccc(C)cc1OC1CCOC1)NCCc1cccc(F)c1. The zero-order chi connectivity index (χ0) is 20.5. The summed E-state index contributed by atoms with van der Waals surface area (Å²) in [5, 5.41) is 6.58. The van der Waals surface area contributed by atoms with Crippen molar-refractivity contribution < 1.29 is 13.9 Å². The Hall–Kier alpha value is -2.60. The average Bonchev–Trinajstić information content (AvgIpc) is 3.20. The molecule has 0 aromatic heterocycles. The van der Waals surface area contributed by atoms with Crippen molar-refractivity contribution in [1.82, 2.24) is 10.6 Å². The normalized spacial score (nSPS) is 16.7. The number of ether oxygens (including phenoxy) is 2. The van der Waals surface area contributed by atoms with E-state index in [9.17, 15) is 4.39 Å². The first-order valence-corrected chi connectivity index (χ1v) is 10.2. The fourth-order valence-corrected chi connectivity index (χ4v) is 3.21. The fraction of sp³-hybridized carbons (Fsp3) is 0.435. The summed E-state index contributed by atoms with van der Waals surface area (Å²) in [6.07, 6.45) is 1.75. The van der Waals surface area contributed by atoms with Crippen LogP contribution in [0.3, 0.4) is 0 Å². The van der Waals surface area contributed by atoms with Gasteiger partial charge in [-0.25, -0.2) is 9.38 Å². The quantitative estimate of drug-likeness (QED) is 0.526. The number of nitrogens with one attached hydrogen (secondary N) is 2. The second kappa shape index (κ2) is 10.8. The Balaban J connectivity index is 1.61. The molecule has 1 saturated heterocycles. The maximum absolute atomic E-state index is 13.3. The van der Waals surface area contributed by atoms with E-state index in [1.165, 1.54) is 6.07 Å². The van der Waals surface area contributed by atoms with E-state index >= 15 is 0 Å². The van der Waals surface area contributed by atoms with E-state index in [4.69, 9.17) is 14.5 Å². The standard InChI is InChI=1S/C23H30FN3O2/c1-3-25-23(26-11-9-18-5-4-6-20(24)14-18)27-15-19-8-7-17(2)13-22(19)29-21-10-12-28-16-21/h4-8,13-14,21H,3,9-12,15-16H2,1-2H3,(H2,25,26,27). The molecule has 0 radical (unpaired) electrons. The number of rotatable bonds is 8. The molecular weight excluding hydrogens is 369 g/mol. The maximum Gasteiger partial charge on any atom is 0.191 e. The Morgan fingerprint density at radius 2 is 2.14 bits per heavy atom. The number of aryl methyl sites for hydroxylation is 1. The van der Waals surface area contributed by atoms with Gasteiger partial charge in [-0.15, -0.1) is 0 Å².